The summed E-state index contributed by atoms with van der Waals surface area (Å²) < 4.78 is 0. The fourth-order valence-corrected chi connectivity index (χ4v) is 2.96. The minimum atomic E-state index is 0.237. The number of rotatable bonds is 8. The number of hydrogen-bond acceptors (Lipinski definition) is 2. The van der Waals surface area contributed by atoms with Gasteiger partial charge in [0.1, 0.15) is 0 Å². The zero-order valence-electron chi connectivity index (χ0n) is 13.0. The second-order valence-electron chi connectivity index (χ2n) is 6.08. The summed E-state index contributed by atoms with van der Waals surface area (Å²) in [6.45, 7) is 7.72. The molecule has 1 aliphatic rings. The molecule has 112 valence electrons. The first-order valence-electron chi connectivity index (χ1n) is 8.20. The van der Waals surface area contributed by atoms with Crippen molar-refractivity contribution in [3.63, 3.8) is 0 Å². The average Bonchev–Trinajstić information content (AvgIpc) is 2.39. The largest absolute Gasteiger partial charge is 0.353 e. The van der Waals surface area contributed by atoms with Gasteiger partial charge in [0.05, 0.1) is 0 Å². The highest BCUT2D eigenvalue weighted by Crippen LogP contribution is 2.18. The number of piperidine rings is 1. The molecule has 1 saturated heterocycles. The van der Waals surface area contributed by atoms with Crippen LogP contribution in [0.15, 0.2) is 0 Å². The van der Waals surface area contributed by atoms with Gasteiger partial charge in [-0.3, -0.25) is 4.79 Å². The van der Waals surface area contributed by atoms with Gasteiger partial charge in [-0.2, -0.15) is 0 Å². The van der Waals surface area contributed by atoms with Gasteiger partial charge in [-0.15, -0.1) is 0 Å². The lowest BCUT2D eigenvalue weighted by Gasteiger charge is -2.30. The Labute approximate surface area is 118 Å². The smallest absolute Gasteiger partial charge is 0.221 e. The Morgan fingerprint density at radius 1 is 1.32 bits per heavy atom. The zero-order chi connectivity index (χ0) is 14.1. The van der Waals surface area contributed by atoms with E-state index in [4.69, 9.17) is 0 Å². The van der Waals surface area contributed by atoms with Crippen LogP contribution >= 0.6 is 0 Å². The third kappa shape index (κ3) is 6.42. The van der Waals surface area contributed by atoms with Crippen LogP contribution in [0, 0.1) is 5.92 Å². The molecule has 1 aliphatic heterocycles. The first kappa shape index (κ1) is 16.5. The van der Waals surface area contributed by atoms with Crippen molar-refractivity contribution in [2.24, 2.45) is 5.92 Å². The molecule has 0 aliphatic carbocycles. The van der Waals surface area contributed by atoms with E-state index in [2.05, 4.69) is 31.4 Å². The van der Waals surface area contributed by atoms with E-state index in [-0.39, 0.29) is 5.91 Å². The maximum Gasteiger partial charge on any atom is 0.221 e. The van der Waals surface area contributed by atoms with Crippen molar-refractivity contribution in [2.75, 3.05) is 6.54 Å². The molecule has 19 heavy (non-hydrogen) atoms. The van der Waals surface area contributed by atoms with Crippen molar-refractivity contribution in [2.45, 2.75) is 84.2 Å². The van der Waals surface area contributed by atoms with Gasteiger partial charge >= 0.3 is 0 Å². The average molecular weight is 268 g/mol. The summed E-state index contributed by atoms with van der Waals surface area (Å²) in [5.41, 5.74) is 0. The summed E-state index contributed by atoms with van der Waals surface area (Å²) in [6, 6.07) is 0.763. The van der Waals surface area contributed by atoms with E-state index >= 15 is 0 Å². The first-order chi connectivity index (χ1) is 9.17. The van der Waals surface area contributed by atoms with E-state index in [1.54, 1.807) is 0 Å². The molecular formula is C16H32N2O. The molecule has 1 fully saturated rings. The number of nitrogens with one attached hydrogen (secondary N) is 2. The van der Waals surface area contributed by atoms with E-state index in [0.29, 0.717) is 24.4 Å². The Bertz CT molecular complexity index is 255. The molecule has 1 rings (SSSR count). The van der Waals surface area contributed by atoms with Crippen molar-refractivity contribution in [1.82, 2.24) is 10.6 Å². The number of hydrogen-bond donors (Lipinski definition) is 2. The zero-order valence-corrected chi connectivity index (χ0v) is 13.0. The second-order valence-corrected chi connectivity index (χ2v) is 6.08. The predicted octanol–water partition coefficient (Wildman–Crippen LogP) is 3.24. The van der Waals surface area contributed by atoms with Gasteiger partial charge in [0.2, 0.25) is 5.91 Å². The molecule has 0 radical (unpaired) electrons. The Morgan fingerprint density at radius 2 is 2.11 bits per heavy atom. The standard InChI is InChI=1S/C16H32N2O/c1-4-6-10-14(8-5-2)18-16(19)12-15-13(3)9-7-11-17-15/h13-15,17H,4-12H2,1-3H3,(H,18,19). The Balaban J connectivity index is 2.33. The van der Waals surface area contributed by atoms with Crippen molar-refractivity contribution < 1.29 is 4.79 Å². The molecule has 0 saturated carbocycles. The second kappa shape index (κ2) is 9.35. The molecule has 3 unspecified atom stereocenters. The third-order valence-corrected chi connectivity index (χ3v) is 4.24. The highest BCUT2D eigenvalue weighted by molar-refractivity contribution is 5.76. The van der Waals surface area contributed by atoms with Crippen LogP contribution in [0.3, 0.4) is 0 Å². The molecule has 0 aromatic rings. The maximum atomic E-state index is 12.2. The van der Waals surface area contributed by atoms with Gasteiger partial charge in [-0.1, -0.05) is 40.0 Å². The van der Waals surface area contributed by atoms with Gasteiger partial charge in [-0.25, -0.2) is 0 Å². The molecule has 3 atom stereocenters. The first-order valence-corrected chi connectivity index (χ1v) is 8.20. The van der Waals surface area contributed by atoms with Crippen LogP contribution in [0.4, 0.5) is 0 Å². The SMILES string of the molecule is CCCCC(CCC)NC(=O)CC1NCCCC1C. The van der Waals surface area contributed by atoms with E-state index in [0.717, 1.165) is 25.8 Å². The summed E-state index contributed by atoms with van der Waals surface area (Å²) in [5.74, 6) is 0.862. The number of unbranched alkanes of at least 4 members (excludes halogenated alkanes) is 1. The molecule has 0 spiro atoms. The normalized spacial score (nSPS) is 25.0. The Kier molecular flexibility index (Phi) is 8.11. The van der Waals surface area contributed by atoms with E-state index in [1.807, 2.05) is 0 Å². The molecule has 3 nitrogen and oxygen atoms in total. The lowest BCUT2D eigenvalue weighted by Crippen LogP contribution is -2.45. The fraction of sp³-hybridized carbons (Fsp3) is 0.938. The monoisotopic (exact) mass is 268 g/mol. The lowest BCUT2D eigenvalue weighted by atomic mass is 9.90. The summed E-state index contributed by atoms with van der Waals surface area (Å²) >= 11 is 0. The highest BCUT2D eigenvalue weighted by atomic mass is 16.1. The van der Waals surface area contributed by atoms with Crippen molar-refractivity contribution >= 4 is 5.91 Å². The molecule has 0 aromatic carbocycles. The number of carbonyl (C=O) groups is 1. The summed E-state index contributed by atoms with van der Waals surface area (Å²) in [4.78, 5) is 12.2. The van der Waals surface area contributed by atoms with Gasteiger partial charge in [-0.05, 0) is 38.1 Å². The molecule has 0 bridgehead atoms. The molecule has 1 amide bonds. The minimum Gasteiger partial charge on any atom is -0.353 e. The van der Waals surface area contributed by atoms with Crippen LogP contribution in [-0.4, -0.2) is 24.5 Å². The molecule has 0 aromatic heterocycles. The molecule has 3 heteroatoms. The van der Waals surface area contributed by atoms with Crippen LogP contribution in [0.2, 0.25) is 0 Å². The Hall–Kier alpha value is -0.570. The van der Waals surface area contributed by atoms with Gasteiger partial charge in [0, 0.05) is 18.5 Å². The van der Waals surface area contributed by atoms with E-state index in [1.165, 1.54) is 25.7 Å². The van der Waals surface area contributed by atoms with Crippen molar-refractivity contribution in [3.05, 3.63) is 0 Å². The Morgan fingerprint density at radius 3 is 2.74 bits per heavy atom. The maximum absolute atomic E-state index is 12.2. The van der Waals surface area contributed by atoms with E-state index < -0.39 is 0 Å². The van der Waals surface area contributed by atoms with Crippen LogP contribution < -0.4 is 10.6 Å². The van der Waals surface area contributed by atoms with Crippen LogP contribution in [-0.2, 0) is 4.79 Å². The van der Waals surface area contributed by atoms with Crippen molar-refractivity contribution in [3.8, 4) is 0 Å². The minimum absolute atomic E-state index is 0.237. The summed E-state index contributed by atoms with van der Waals surface area (Å²) in [6.07, 6.45) is 8.94. The van der Waals surface area contributed by atoms with Crippen molar-refractivity contribution in [1.29, 1.82) is 0 Å². The number of carbonyl (C=O) groups excluding carboxylic acids is 1. The topological polar surface area (TPSA) is 41.1 Å². The van der Waals surface area contributed by atoms with Gasteiger partial charge in [0.15, 0.2) is 0 Å². The lowest BCUT2D eigenvalue weighted by molar-refractivity contribution is -0.122. The van der Waals surface area contributed by atoms with Gasteiger partial charge in [0.25, 0.3) is 0 Å². The fourth-order valence-electron chi connectivity index (χ4n) is 2.96. The van der Waals surface area contributed by atoms with Gasteiger partial charge < -0.3 is 10.6 Å². The van der Waals surface area contributed by atoms with Crippen LogP contribution in [0.1, 0.15) is 72.1 Å². The summed E-state index contributed by atoms with van der Waals surface area (Å²) in [5, 5.41) is 6.73. The molecule has 2 N–H and O–H groups in total. The predicted molar refractivity (Wildman–Crippen MR) is 81.2 cm³/mol. The van der Waals surface area contributed by atoms with Crippen LogP contribution in [0.25, 0.3) is 0 Å². The number of amides is 1. The molecular weight excluding hydrogens is 236 g/mol. The quantitative estimate of drug-likeness (QED) is 0.709. The summed E-state index contributed by atoms with van der Waals surface area (Å²) in [7, 11) is 0. The van der Waals surface area contributed by atoms with E-state index in [9.17, 15) is 4.79 Å². The van der Waals surface area contributed by atoms with Crippen LogP contribution in [0.5, 0.6) is 0 Å². The molecule has 1 heterocycles. The third-order valence-electron chi connectivity index (χ3n) is 4.24. The highest BCUT2D eigenvalue weighted by Gasteiger charge is 2.23.